The summed E-state index contributed by atoms with van der Waals surface area (Å²) in [5.41, 5.74) is 2.54. The molecular weight excluding hydrogens is 234 g/mol. The topological polar surface area (TPSA) is 32.3 Å². The molecule has 0 amide bonds. The van der Waals surface area contributed by atoms with Crippen LogP contribution >= 0.6 is 0 Å². The molecule has 0 atom stereocenters. The SMILES string of the molecule is OCCCc1cccc(NCCC2CCCCC2)c1. The smallest absolute Gasteiger partial charge is 0.0434 e. The predicted octanol–water partition coefficient (Wildman–Crippen LogP) is 3.99. The Labute approximate surface area is 117 Å². The molecule has 1 saturated carbocycles. The quantitative estimate of drug-likeness (QED) is 0.777. The molecule has 19 heavy (non-hydrogen) atoms. The van der Waals surface area contributed by atoms with Gasteiger partial charge in [-0.05, 0) is 42.9 Å². The van der Waals surface area contributed by atoms with Gasteiger partial charge in [-0.1, -0.05) is 44.2 Å². The molecule has 2 N–H and O–H groups in total. The molecule has 1 aliphatic carbocycles. The van der Waals surface area contributed by atoms with Gasteiger partial charge in [-0.25, -0.2) is 0 Å². The Balaban J connectivity index is 1.72. The van der Waals surface area contributed by atoms with Crippen LogP contribution in [0.5, 0.6) is 0 Å². The molecule has 1 aliphatic rings. The van der Waals surface area contributed by atoms with Gasteiger partial charge in [0.1, 0.15) is 0 Å². The second-order valence-corrected chi connectivity index (χ2v) is 5.75. The zero-order chi connectivity index (χ0) is 13.3. The Morgan fingerprint density at radius 1 is 1.16 bits per heavy atom. The number of benzene rings is 1. The lowest BCUT2D eigenvalue weighted by atomic mass is 9.87. The minimum atomic E-state index is 0.277. The first-order valence-electron chi connectivity index (χ1n) is 7.82. The number of hydrogen-bond acceptors (Lipinski definition) is 2. The third-order valence-electron chi connectivity index (χ3n) is 4.16. The third-order valence-corrected chi connectivity index (χ3v) is 4.16. The van der Waals surface area contributed by atoms with Crippen molar-refractivity contribution in [3.8, 4) is 0 Å². The van der Waals surface area contributed by atoms with Crippen molar-refractivity contribution in [1.82, 2.24) is 0 Å². The Morgan fingerprint density at radius 2 is 2.00 bits per heavy atom. The fraction of sp³-hybridized carbons (Fsp3) is 0.647. The predicted molar refractivity (Wildman–Crippen MR) is 81.5 cm³/mol. The minimum Gasteiger partial charge on any atom is -0.396 e. The summed E-state index contributed by atoms with van der Waals surface area (Å²) in [6, 6.07) is 8.61. The highest BCUT2D eigenvalue weighted by atomic mass is 16.2. The molecular formula is C17H27NO. The van der Waals surface area contributed by atoms with Crippen LogP contribution in [-0.2, 0) is 6.42 Å². The fourth-order valence-corrected chi connectivity index (χ4v) is 3.02. The lowest BCUT2D eigenvalue weighted by Crippen LogP contribution is -2.12. The van der Waals surface area contributed by atoms with E-state index in [1.54, 1.807) is 0 Å². The second-order valence-electron chi connectivity index (χ2n) is 5.75. The van der Waals surface area contributed by atoms with Gasteiger partial charge in [0.15, 0.2) is 0 Å². The summed E-state index contributed by atoms with van der Waals surface area (Å²) in [6.45, 7) is 1.37. The van der Waals surface area contributed by atoms with Gasteiger partial charge in [0, 0.05) is 18.8 Å². The standard InChI is InChI=1S/C17H27NO/c19-13-5-9-16-8-4-10-17(14-16)18-12-11-15-6-2-1-3-7-15/h4,8,10,14-15,18-19H,1-3,5-7,9,11-13H2. The Morgan fingerprint density at radius 3 is 2.79 bits per heavy atom. The largest absolute Gasteiger partial charge is 0.396 e. The number of nitrogens with one attached hydrogen (secondary N) is 1. The van der Waals surface area contributed by atoms with Crippen molar-refractivity contribution in [2.24, 2.45) is 5.92 Å². The Kier molecular flexibility index (Phi) is 6.22. The van der Waals surface area contributed by atoms with E-state index in [9.17, 15) is 0 Å². The molecule has 0 saturated heterocycles. The van der Waals surface area contributed by atoms with Crippen molar-refractivity contribution in [2.75, 3.05) is 18.5 Å². The van der Waals surface area contributed by atoms with Gasteiger partial charge in [0.05, 0.1) is 0 Å². The van der Waals surface area contributed by atoms with Crippen molar-refractivity contribution < 1.29 is 5.11 Å². The monoisotopic (exact) mass is 261 g/mol. The van der Waals surface area contributed by atoms with Crippen LogP contribution in [0, 0.1) is 5.92 Å². The van der Waals surface area contributed by atoms with Gasteiger partial charge in [-0.2, -0.15) is 0 Å². The van der Waals surface area contributed by atoms with Crippen LogP contribution in [0.2, 0.25) is 0 Å². The van der Waals surface area contributed by atoms with E-state index in [-0.39, 0.29) is 6.61 Å². The molecule has 0 spiro atoms. The summed E-state index contributed by atoms with van der Waals surface area (Å²) in [4.78, 5) is 0. The van der Waals surface area contributed by atoms with Crippen molar-refractivity contribution in [3.63, 3.8) is 0 Å². The molecule has 1 fully saturated rings. The molecule has 0 unspecified atom stereocenters. The van der Waals surface area contributed by atoms with E-state index in [4.69, 9.17) is 5.11 Å². The molecule has 2 rings (SSSR count). The Hall–Kier alpha value is -1.02. The first-order valence-corrected chi connectivity index (χ1v) is 7.82. The molecule has 0 radical (unpaired) electrons. The van der Waals surface area contributed by atoms with Gasteiger partial charge in [0.25, 0.3) is 0 Å². The van der Waals surface area contributed by atoms with Gasteiger partial charge < -0.3 is 10.4 Å². The molecule has 0 heterocycles. The fourth-order valence-electron chi connectivity index (χ4n) is 3.02. The highest BCUT2D eigenvalue weighted by Gasteiger charge is 2.12. The van der Waals surface area contributed by atoms with Crippen molar-refractivity contribution in [3.05, 3.63) is 29.8 Å². The van der Waals surface area contributed by atoms with E-state index in [2.05, 4.69) is 29.6 Å². The van der Waals surface area contributed by atoms with E-state index in [1.807, 2.05) is 0 Å². The lowest BCUT2D eigenvalue weighted by Gasteiger charge is -2.21. The highest BCUT2D eigenvalue weighted by Crippen LogP contribution is 2.26. The minimum absolute atomic E-state index is 0.277. The zero-order valence-electron chi connectivity index (χ0n) is 11.9. The molecule has 0 aliphatic heterocycles. The number of aryl methyl sites for hydroxylation is 1. The van der Waals surface area contributed by atoms with Crippen LogP contribution in [0.3, 0.4) is 0 Å². The van der Waals surface area contributed by atoms with Crippen molar-refractivity contribution in [1.29, 1.82) is 0 Å². The van der Waals surface area contributed by atoms with Crippen LogP contribution in [-0.4, -0.2) is 18.3 Å². The van der Waals surface area contributed by atoms with Gasteiger partial charge in [-0.3, -0.25) is 0 Å². The van der Waals surface area contributed by atoms with E-state index in [0.29, 0.717) is 0 Å². The van der Waals surface area contributed by atoms with E-state index in [0.717, 1.165) is 25.3 Å². The summed E-state index contributed by atoms with van der Waals surface area (Å²) >= 11 is 0. The van der Waals surface area contributed by atoms with Gasteiger partial charge >= 0.3 is 0 Å². The summed E-state index contributed by atoms with van der Waals surface area (Å²) < 4.78 is 0. The molecule has 0 aromatic heterocycles. The van der Waals surface area contributed by atoms with Crippen LogP contribution in [0.1, 0.15) is 50.5 Å². The molecule has 0 bridgehead atoms. The molecule has 1 aromatic rings. The Bertz CT molecular complexity index is 358. The molecule has 1 aromatic carbocycles. The maximum atomic E-state index is 8.87. The maximum Gasteiger partial charge on any atom is 0.0434 e. The van der Waals surface area contributed by atoms with Crippen LogP contribution in [0.25, 0.3) is 0 Å². The summed E-state index contributed by atoms with van der Waals surface area (Å²) in [5.74, 6) is 0.943. The normalized spacial score (nSPS) is 16.5. The summed E-state index contributed by atoms with van der Waals surface area (Å²) in [7, 11) is 0. The van der Waals surface area contributed by atoms with Crippen LogP contribution in [0.15, 0.2) is 24.3 Å². The lowest BCUT2D eigenvalue weighted by molar-refractivity contribution is 0.288. The first-order chi connectivity index (χ1) is 9.38. The molecule has 2 heteroatoms. The van der Waals surface area contributed by atoms with E-state index < -0.39 is 0 Å². The second kappa shape index (κ2) is 8.21. The number of anilines is 1. The van der Waals surface area contributed by atoms with E-state index in [1.165, 1.54) is 49.8 Å². The maximum absolute atomic E-state index is 8.87. The van der Waals surface area contributed by atoms with Gasteiger partial charge in [0.2, 0.25) is 0 Å². The molecule has 2 nitrogen and oxygen atoms in total. The average molecular weight is 261 g/mol. The zero-order valence-corrected chi connectivity index (χ0v) is 11.9. The summed E-state index contributed by atoms with van der Waals surface area (Å²) in [6.07, 6.45) is 10.3. The first kappa shape index (κ1) is 14.4. The van der Waals surface area contributed by atoms with Crippen LogP contribution in [0.4, 0.5) is 5.69 Å². The third kappa shape index (κ3) is 5.23. The van der Waals surface area contributed by atoms with Gasteiger partial charge in [-0.15, -0.1) is 0 Å². The summed E-state index contributed by atoms with van der Waals surface area (Å²) in [5, 5.41) is 12.4. The number of aliphatic hydroxyl groups is 1. The van der Waals surface area contributed by atoms with Crippen LogP contribution < -0.4 is 5.32 Å². The average Bonchev–Trinajstić information content (AvgIpc) is 2.47. The molecule has 106 valence electrons. The number of aliphatic hydroxyl groups excluding tert-OH is 1. The van der Waals surface area contributed by atoms with Crippen molar-refractivity contribution in [2.45, 2.75) is 51.4 Å². The highest BCUT2D eigenvalue weighted by molar-refractivity contribution is 5.45. The number of rotatable bonds is 7. The van der Waals surface area contributed by atoms with E-state index >= 15 is 0 Å². The van der Waals surface area contributed by atoms with Crippen molar-refractivity contribution >= 4 is 5.69 Å². The number of hydrogen-bond donors (Lipinski definition) is 2.